The molecule has 29 heavy (non-hydrogen) atoms. The molecule has 0 radical (unpaired) electrons. The molecule has 4 heteroatoms. The summed E-state index contributed by atoms with van der Waals surface area (Å²) in [5.41, 5.74) is 0. The van der Waals surface area contributed by atoms with Crippen LogP contribution < -0.4 is 0 Å². The predicted molar refractivity (Wildman–Crippen MR) is 121 cm³/mol. The van der Waals surface area contributed by atoms with Crippen molar-refractivity contribution in [1.82, 2.24) is 0 Å². The highest BCUT2D eigenvalue weighted by Crippen LogP contribution is 2.11. The van der Waals surface area contributed by atoms with Crippen LogP contribution >= 0.6 is 0 Å². The molecular formula is C25H46O4. The molecule has 0 aliphatic carbocycles. The summed E-state index contributed by atoms with van der Waals surface area (Å²) in [4.78, 5) is 23.2. The number of carbonyl (C=O) groups is 2. The van der Waals surface area contributed by atoms with Crippen LogP contribution in [-0.2, 0) is 19.1 Å². The van der Waals surface area contributed by atoms with E-state index in [9.17, 15) is 9.59 Å². The summed E-state index contributed by atoms with van der Waals surface area (Å²) < 4.78 is 10.5. The molecule has 0 rings (SSSR count). The van der Waals surface area contributed by atoms with E-state index in [1.54, 1.807) is 0 Å². The highest BCUT2D eigenvalue weighted by Gasteiger charge is 2.04. The topological polar surface area (TPSA) is 52.6 Å². The molecule has 0 bridgehead atoms. The van der Waals surface area contributed by atoms with Crippen LogP contribution in [0.15, 0.2) is 12.7 Å². The molecule has 0 aromatic rings. The summed E-state index contributed by atoms with van der Waals surface area (Å²) in [6.45, 7) is 6.96. The molecule has 0 saturated heterocycles. The van der Waals surface area contributed by atoms with Crippen LogP contribution in [0.1, 0.15) is 122 Å². The average Bonchev–Trinajstić information content (AvgIpc) is 2.72. The van der Waals surface area contributed by atoms with Gasteiger partial charge in [0.1, 0.15) is 0 Å². The Morgan fingerprint density at radius 2 is 1.03 bits per heavy atom. The lowest BCUT2D eigenvalue weighted by Crippen LogP contribution is -2.05. The second-order valence-corrected chi connectivity index (χ2v) is 7.97. The van der Waals surface area contributed by atoms with Crippen molar-refractivity contribution in [3.63, 3.8) is 0 Å². The quantitative estimate of drug-likeness (QED) is 0.107. The van der Waals surface area contributed by atoms with Gasteiger partial charge in [0.05, 0.1) is 13.2 Å². The molecule has 0 heterocycles. The van der Waals surface area contributed by atoms with Gasteiger partial charge in [-0.25, -0.2) is 0 Å². The largest absolute Gasteiger partial charge is 0.466 e. The zero-order chi connectivity index (χ0) is 21.4. The van der Waals surface area contributed by atoms with Gasteiger partial charge in [-0.2, -0.15) is 0 Å². The highest BCUT2D eigenvalue weighted by atomic mass is 16.5. The summed E-state index contributed by atoms with van der Waals surface area (Å²) in [5, 5.41) is 0. The summed E-state index contributed by atoms with van der Waals surface area (Å²) in [7, 11) is 0. The van der Waals surface area contributed by atoms with Gasteiger partial charge in [-0.3, -0.25) is 9.59 Å². The molecule has 0 atom stereocenters. The average molecular weight is 411 g/mol. The van der Waals surface area contributed by atoms with Crippen LogP contribution in [0.2, 0.25) is 0 Å². The van der Waals surface area contributed by atoms with Gasteiger partial charge in [0, 0.05) is 12.8 Å². The maximum Gasteiger partial charge on any atom is 0.305 e. The van der Waals surface area contributed by atoms with Crippen molar-refractivity contribution in [2.24, 2.45) is 0 Å². The molecule has 0 amide bonds. The molecule has 0 N–H and O–H groups in total. The van der Waals surface area contributed by atoms with E-state index in [1.807, 2.05) is 6.08 Å². The fourth-order valence-corrected chi connectivity index (χ4v) is 3.23. The van der Waals surface area contributed by atoms with Gasteiger partial charge in [-0.15, -0.1) is 6.58 Å². The van der Waals surface area contributed by atoms with E-state index in [0.717, 1.165) is 57.8 Å². The van der Waals surface area contributed by atoms with Gasteiger partial charge < -0.3 is 9.47 Å². The number of hydrogen-bond donors (Lipinski definition) is 0. The first kappa shape index (κ1) is 27.7. The number of esters is 2. The van der Waals surface area contributed by atoms with Gasteiger partial charge in [-0.05, 0) is 32.1 Å². The Morgan fingerprint density at radius 1 is 0.621 bits per heavy atom. The zero-order valence-electron chi connectivity index (χ0n) is 19.1. The molecular weight excluding hydrogens is 364 g/mol. The molecule has 0 unspecified atom stereocenters. The third-order valence-electron chi connectivity index (χ3n) is 5.09. The normalized spacial score (nSPS) is 10.7. The molecule has 0 aliphatic heterocycles. The van der Waals surface area contributed by atoms with Crippen LogP contribution in [0.5, 0.6) is 0 Å². The van der Waals surface area contributed by atoms with Crippen molar-refractivity contribution >= 4 is 11.9 Å². The van der Waals surface area contributed by atoms with Gasteiger partial charge in [0.25, 0.3) is 0 Å². The van der Waals surface area contributed by atoms with Gasteiger partial charge >= 0.3 is 11.9 Å². The third-order valence-corrected chi connectivity index (χ3v) is 5.09. The van der Waals surface area contributed by atoms with Crippen molar-refractivity contribution in [2.75, 3.05) is 13.2 Å². The Kier molecular flexibility index (Phi) is 21.9. The maximum atomic E-state index is 11.7. The summed E-state index contributed by atoms with van der Waals surface area (Å²) in [5.74, 6) is -0.138. The Labute approximate surface area is 179 Å². The molecule has 0 aliphatic rings. The molecule has 4 nitrogen and oxygen atoms in total. The maximum absolute atomic E-state index is 11.7. The lowest BCUT2D eigenvalue weighted by molar-refractivity contribution is -0.144. The van der Waals surface area contributed by atoms with E-state index in [4.69, 9.17) is 9.47 Å². The Bertz CT molecular complexity index is 392. The van der Waals surface area contributed by atoms with Crippen molar-refractivity contribution < 1.29 is 19.1 Å². The summed E-state index contributed by atoms with van der Waals surface area (Å²) in [6.07, 6.45) is 20.8. The molecule has 0 aromatic carbocycles. The van der Waals surface area contributed by atoms with Crippen LogP contribution in [-0.4, -0.2) is 25.2 Å². The first-order valence-electron chi connectivity index (χ1n) is 12.1. The standard InChI is InChI=1S/C25H46O4/c1-3-5-7-8-9-12-15-19-23-29-25(27)21-17-14-11-10-13-16-20-24(26)28-22-18-6-4-2/h4H,2-3,5-23H2,1H3. The van der Waals surface area contributed by atoms with Crippen molar-refractivity contribution in [3.8, 4) is 0 Å². The first-order valence-corrected chi connectivity index (χ1v) is 12.1. The minimum atomic E-state index is -0.0895. The molecule has 0 aromatic heterocycles. The highest BCUT2D eigenvalue weighted by molar-refractivity contribution is 5.69. The molecule has 170 valence electrons. The smallest absolute Gasteiger partial charge is 0.305 e. The van der Waals surface area contributed by atoms with E-state index in [-0.39, 0.29) is 11.9 Å². The number of ether oxygens (including phenoxy) is 2. The number of carbonyl (C=O) groups excluding carboxylic acids is 2. The van der Waals surface area contributed by atoms with E-state index >= 15 is 0 Å². The second-order valence-electron chi connectivity index (χ2n) is 7.97. The van der Waals surface area contributed by atoms with Gasteiger partial charge in [0.2, 0.25) is 0 Å². The Balaban J connectivity index is 3.25. The fraction of sp³-hybridized carbons (Fsp3) is 0.840. The Morgan fingerprint density at radius 3 is 1.52 bits per heavy atom. The molecule has 0 saturated carbocycles. The minimum Gasteiger partial charge on any atom is -0.466 e. The van der Waals surface area contributed by atoms with E-state index in [2.05, 4.69) is 13.5 Å². The Hall–Kier alpha value is -1.32. The molecule has 0 spiro atoms. The third kappa shape index (κ3) is 22.8. The first-order chi connectivity index (χ1) is 14.2. The van der Waals surface area contributed by atoms with Crippen molar-refractivity contribution in [2.45, 2.75) is 122 Å². The predicted octanol–water partition coefficient (Wildman–Crippen LogP) is 7.30. The number of allylic oxidation sites excluding steroid dienone is 1. The lowest BCUT2D eigenvalue weighted by atomic mass is 10.1. The van der Waals surface area contributed by atoms with Crippen LogP contribution in [0.4, 0.5) is 0 Å². The van der Waals surface area contributed by atoms with Crippen molar-refractivity contribution in [3.05, 3.63) is 12.7 Å². The summed E-state index contributed by atoms with van der Waals surface area (Å²) >= 11 is 0. The van der Waals surface area contributed by atoms with Gasteiger partial charge in [0.15, 0.2) is 0 Å². The van der Waals surface area contributed by atoms with Crippen LogP contribution in [0, 0.1) is 0 Å². The molecule has 0 fully saturated rings. The zero-order valence-corrected chi connectivity index (χ0v) is 19.1. The second kappa shape index (κ2) is 23.0. The van der Waals surface area contributed by atoms with E-state index in [0.29, 0.717) is 26.1 Å². The number of hydrogen-bond acceptors (Lipinski definition) is 4. The lowest BCUT2D eigenvalue weighted by Gasteiger charge is -2.06. The summed E-state index contributed by atoms with van der Waals surface area (Å²) in [6, 6.07) is 0. The monoisotopic (exact) mass is 410 g/mol. The van der Waals surface area contributed by atoms with Crippen molar-refractivity contribution in [1.29, 1.82) is 0 Å². The van der Waals surface area contributed by atoms with Gasteiger partial charge in [-0.1, -0.05) is 83.6 Å². The minimum absolute atomic E-state index is 0.0489. The van der Waals surface area contributed by atoms with Crippen LogP contribution in [0.25, 0.3) is 0 Å². The van der Waals surface area contributed by atoms with E-state index in [1.165, 1.54) is 44.9 Å². The SMILES string of the molecule is C=CCCCOC(=O)CCCCCCCCC(=O)OCCCCCCCCCC. The number of unbranched alkanes of at least 4 members (excludes halogenated alkanes) is 13. The fourth-order valence-electron chi connectivity index (χ4n) is 3.23. The van der Waals surface area contributed by atoms with E-state index < -0.39 is 0 Å². The van der Waals surface area contributed by atoms with Crippen LogP contribution in [0.3, 0.4) is 0 Å². The number of rotatable bonds is 22.